The van der Waals surface area contributed by atoms with Gasteiger partial charge in [0.1, 0.15) is 12.1 Å². The summed E-state index contributed by atoms with van der Waals surface area (Å²) in [5.74, 6) is 0.301. The minimum absolute atomic E-state index is 0.0558. The monoisotopic (exact) mass is 394 g/mol. The first-order valence-electron chi connectivity index (χ1n) is 9.59. The number of hydrogen-bond acceptors (Lipinski definition) is 6. The van der Waals surface area contributed by atoms with Gasteiger partial charge in [-0.15, -0.1) is 0 Å². The summed E-state index contributed by atoms with van der Waals surface area (Å²) in [5.41, 5.74) is 1.74. The fourth-order valence-corrected chi connectivity index (χ4v) is 3.33. The zero-order valence-electron chi connectivity index (χ0n) is 16.1. The van der Waals surface area contributed by atoms with Crippen molar-refractivity contribution in [2.75, 3.05) is 13.2 Å². The highest BCUT2D eigenvalue weighted by Crippen LogP contribution is 2.22. The quantitative estimate of drug-likeness (QED) is 0.688. The van der Waals surface area contributed by atoms with Crippen LogP contribution in [0.1, 0.15) is 18.4 Å². The number of benzene rings is 1. The topological polar surface area (TPSA) is 99.3 Å². The maximum absolute atomic E-state index is 12.8. The van der Waals surface area contributed by atoms with Gasteiger partial charge in [0, 0.05) is 24.9 Å². The van der Waals surface area contributed by atoms with Gasteiger partial charge in [0.05, 0.1) is 6.10 Å². The molecule has 1 aliphatic rings. The van der Waals surface area contributed by atoms with E-state index in [9.17, 15) is 9.59 Å². The highest BCUT2D eigenvalue weighted by Gasteiger charge is 2.18. The largest absolute Gasteiger partial charge is 0.376 e. The van der Waals surface area contributed by atoms with Gasteiger partial charge < -0.3 is 19.1 Å². The number of ether oxygens (including phenoxy) is 1. The van der Waals surface area contributed by atoms with Crippen LogP contribution in [0.25, 0.3) is 22.8 Å². The van der Waals surface area contributed by atoms with Crippen LogP contribution in [0.3, 0.4) is 0 Å². The highest BCUT2D eigenvalue weighted by atomic mass is 16.5. The molecule has 29 heavy (non-hydrogen) atoms. The first kappa shape index (κ1) is 19.1. The number of carbonyl (C=O) groups excluding carboxylic acids is 1. The summed E-state index contributed by atoms with van der Waals surface area (Å²) in [6.45, 7) is 3.06. The number of aryl methyl sites for hydroxylation is 1. The van der Waals surface area contributed by atoms with Gasteiger partial charge >= 0.3 is 0 Å². The van der Waals surface area contributed by atoms with Gasteiger partial charge in [0.15, 0.2) is 0 Å². The maximum Gasteiger partial charge on any atom is 0.263 e. The van der Waals surface area contributed by atoms with Crippen LogP contribution in [0.5, 0.6) is 0 Å². The summed E-state index contributed by atoms with van der Waals surface area (Å²) in [6.07, 6.45) is 3.57. The molecule has 8 nitrogen and oxygen atoms in total. The number of hydrogen-bond donors (Lipinski definition) is 1. The molecule has 1 aromatic carbocycles. The van der Waals surface area contributed by atoms with Crippen LogP contribution in [0, 0.1) is 6.92 Å². The zero-order chi connectivity index (χ0) is 20.2. The van der Waals surface area contributed by atoms with Crippen molar-refractivity contribution >= 4 is 5.91 Å². The Bertz CT molecular complexity index is 1070. The van der Waals surface area contributed by atoms with Crippen molar-refractivity contribution in [1.82, 2.24) is 20.0 Å². The molecule has 1 atom stereocenters. The van der Waals surface area contributed by atoms with E-state index in [4.69, 9.17) is 9.26 Å². The molecule has 2 aromatic heterocycles. The van der Waals surface area contributed by atoms with Crippen molar-refractivity contribution in [2.45, 2.75) is 32.4 Å². The van der Waals surface area contributed by atoms with Crippen LogP contribution < -0.4 is 10.9 Å². The molecule has 0 aliphatic carbocycles. The van der Waals surface area contributed by atoms with E-state index in [2.05, 4.69) is 15.5 Å². The number of nitrogens with zero attached hydrogens (tertiary/aromatic N) is 3. The third kappa shape index (κ3) is 4.27. The summed E-state index contributed by atoms with van der Waals surface area (Å²) in [6, 6.07) is 11.0. The molecule has 150 valence electrons. The van der Waals surface area contributed by atoms with Crippen molar-refractivity contribution in [2.24, 2.45) is 0 Å². The Kier molecular flexibility index (Phi) is 5.53. The predicted octanol–water partition coefficient (Wildman–Crippen LogP) is 2.17. The van der Waals surface area contributed by atoms with E-state index in [0.29, 0.717) is 12.4 Å². The average molecular weight is 394 g/mol. The molecule has 8 heteroatoms. The van der Waals surface area contributed by atoms with Gasteiger partial charge in [-0.25, -0.2) is 0 Å². The Morgan fingerprint density at radius 2 is 2.07 bits per heavy atom. The van der Waals surface area contributed by atoms with E-state index in [1.54, 1.807) is 18.3 Å². The van der Waals surface area contributed by atoms with Crippen LogP contribution in [-0.2, 0) is 16.1 Å². The summed E-state index contributed by atoms with van der Waals surface area (Å²) in [7, 11) is 0. The predicted molar refractivity (Wildman–Crippen MR) is 106 cm³/mol. The number of nitrogens with one attached hydrogen (secondary N) is 1. The molecular formula is C21H22N4O4. The van der Waals surface area contributed by atoms with Crippen molar-refractivity contribution < 1.29 is 14.1 Å². The number of carbonyl (C=O) groups is 1. The second-order valence-electron chi connectivity index (χ2n) is 7.03. The number of pyridine rings is 1. The van der Waals surface area contributed by atoms with Crippen LogP contribution in [0.2, 0.25) is 0 Å². The first-order valence-corrected chi connectivity index (χ1v) is 9.59. The van der Waals surface area contributed by atoms with Crippen LogP contribution in [0.15, 0.2) is 51.9 Å². The second-order valence-corrected chi connectivity index (χ2v) is 7.03. The standard InChI is InChI=1S/C21H22N4O4/c1-14-6-2-3-8-16(14)19-23-20(29-24-19)17-9-4-10-25(21(17)27)13-18(26)22-12-15-7-5-11-28-15/h2-4,6,8-10,15H,5,7,11-13H2,1H3,(H,22,26). The summed E-state index contributed by atoms with van der Waals surface area (Å²) >= 11 is 0. The molecular weight excluding hydrogens is 372 g/mol. The molecule has 3 heterocycles. The molecule has 1 aliphatic heterocycles. The zero-order valence-corrected chi connectivity index (χ0v) is 16.1. The molecule has 1 N–H and O–H groups in total. The molecule has 0 spiro atoms. The van der Waals surface area contributed by atoms with Gasteiger partial charge in [0.25, 0.3) is 11.4 Å². The summed E-state index contributed by atoms with van der Waals surface area (Å²) in [5, 5.41) is 6.82. The van der Waals surface area contributed by atoms with Crippen molar-refractivity contribution in [1.29, 1.82) is 0 Å². The lowest BCUT2D eigenvalue weighted by molar-refractivity contribution is -0.122. The minimum Gasteiger partial charge on any atom is -0.376 e. The summed E-state index contributed by atoms with van der Waals surface area (Å²) < 4.78 is 12.1. The van der Waals surface area contributed by atoms with Crippen molar-refractivity contribution in [3.63, 3.8) is 0 Å². The molecule has 0 radical (unpaired) electrons. The van der Waals surface area contributed by atoms with Crippen LogP contribution >= 0.6 is 0 Å². The van der Waals surface area contributed by atoms with E-state index in [1.807, 2.05) is 31.2 Å². The van der Waals surface area contributed by atoms with Gasteiger partial charge in [-0.05, 0) is 37.5 Å². The molecule has 3 aromatic rings. The molecule has 0 saturated carbocycles. The number of aromatic nitrogens is 3. The van der Waals surface area contributed by atoms with Gasteiger partial charge in [-0.1, -0.05) is 29.4 Å². The fraction of sp³-hybridized carbons (Fsp3) is 0.333. The number of amides is 1. The van der Waals surface area contributed by atoms with Crippen LogP contribution in [0.4, 0.5) is 0 Å². The molecule has 1 saturated heterocycles. The van der Waals surface area contributed by atoms with E-state index in [-0.39, 0.29) is 35.6 Å². The highest BCUT2D eigenvalue weighted by molar-refractivity contribution is 5.75. The Labute approximate surface area is 167 Å². The van der Waals surface area contributed by atoms with Gasteiger partial charge in [0.2, 0.25) is 11.7 Å². The normalized spacial score (nSPS) is 16.1. The van der Waals surface area contributed by atoms with Crippen molar-refractivity contribution in [3.05, 3.63) is 58.5 Å². The lowest BCUT2D eigenvalue weighted by Crippen LogP contribution is -2.36. The minimum atomic E-state index is -0.361. The Hall–Kier alpha value is -3.26. The SMILES string of the molecule is Cc1ccccc1-c1noc(-c2cccn(CC(=O)NCC3CCCO3)c2=O)n1. The van der Waals surface area contributed by atoms with Crippen LogP contribution in [-0.4, -0.2) is 39.9 Å². The average Bonchev–Trinajstić information content (AvgIpc) is 3.40. The van der Waals surface area contributed by atoms with E-state index in [1.165, 1.54) is 4.57 Å². The van der Waals surface area contributed by atoms with E-state index in [0.717, 1.165) is 30.6 Å². The first-order chi connectivity index (χ1) is 14.1. The number of rotatable bonds is 6. The smallest absolute Gasteiger partial charge is 0.263 e. The Morgan fingerprint density at radius 3 is 2.86 bits per heavy atom. The van der Waals surface area contributed by atoms with Gasteiger partial charge in [-0.3, -0.25) is 9.59 Å². The van der Waals surface area contributed by atoms with Crippen molar-refractivity contribution in [3.8, 4) is 22.8 Å². The summed E-state index contributed by atoms with van der Waals surface area (Å²) in [4.78, 5) is 29.4. The Morgan fingerprint density at radius 1 is 1.24 bits per heavy atom. The van der Waals surface area contributed by atoms with Gasteiger partial charge in [-0.2, -0.15) is 4.98 Å². The Balaban J connectivity index is 1.50. The third-order valence-corrected chi connectivity index (χ3v) is 4.93. The fourth-order valence-electron chi connectivity index (χ4n) is 3.33. The van der Waals surface area contributed by atoms with E-state index >= 15 is 0 Å². The lowest BCUT2D eigenvalue weighted by Gasteiger charge is -2.11. The molecule has 1 amide bonds. The molecule has 1 unspecified atom stereocenters. The van der Waals surface area contributed by atoms with E-state index < -0.39 is 0 Å². The second kappa shape index (κ2) is 8.40. The molecule has 4 rings (SSSR count). The third-order valence-electron chi connectivity index (χ3n) is 4.93. The maximum atomic E-state index is 12.8. The lowest BCUT2D eigenvalue weighted by atomic mass is 10.1. The molecule has 1 fully saturated rings. The molecule has 0 bridgehead atoms.